The first-order chi connectivity index (χ1) is 15.6. The Balaban J connectivity index is 1.52. The van der Waals surface area contributed by atoms with Crippen molar-refractivity contribution >= 4 is 11.8 Å². The fourth-order valence-electron chi connectivity index (χ4n) is 4.04. The van der Waals surface area contributed by atoms with Crippen molar-refractivity contribution in [3.8, 4) is 0 Å². The standard InChI is InChI=1S/C21H23F8N3O2/c22-19(23)3-6-31(12-19)11-17(33)32-4-1-13(2-5-32)10-30-18(34)14-7-15(20(24,25)26)9-16(8-14)21(27,28)29/h7-9,13H,1-6,10-12H2,(H,30,34). The Labute approximate surface area is 190 Å². The third-order valence-electron chi connectivity index (χ3n) is 5.98. The summed E-state index contributed by atoms with van der Waals surface area (Å²) in [6.45, 7) is 0.182. The number of carbonyl (C=O) groups is 2. The zero-order valence-electron chi connectivity index (χ0n) is 17.9. The topological polar surface area (TPSA) is 52.7 Å². The van der Waals surface area contributed by atoms with E-state index in [9.17, 15) is 44.7 Å². The van der Waals surface area contributed by atoms with Gasteiger partial charge in [-0.3, -0.25) is 14.5 Å². The van der Waals surface area contributed by atoms with Gasteiger partial charge in [-0.05, 0) is 37.0 Å². The largest absolute Gasteiger partial charge is 0.416 e. The molecular weight excluding hydrogens is 478 g/mol. The van der Waals surface area contributed by atoms with E-state index in [4.69, 9.17) is 0 Å². The van der Waals surface area contributed by atoms with Crippen molar-refractivity contribution in [1.82, 2.24) is 15.1 Å². The van der Waals surface area contributed by atoms with Crippen LogP contribution >= 0.6 is 0 Å². The van der Waals surface area contributed by atoms with Crippen LogP contribution in [0.2, 0.25) is 0 Å². The molecule has 2 amide bonds. The highest BCUT2D eigenvalue weighted by atomic mass is 19.4. The number of likely N-dealkylation sites (tertiary alicyclic amines) is 2. The van der Waals surface area contributed by atoms with E-state index in [0.717, 1.165) is 0 Å². The predicted molar refractivity (Wildman–Crippen MR) is 104 cm³/mol. The first-order valence-electron chi connectivity index (χ1n) is 10.6. The van der Waals surface area contributed by atoms with Gasteiger partial charge in [0.05, 0.1) is 24.2 Å². The number of amides is 2. The van der Waals surface area contributed by atoms with Gasteiger partial charge < -0.3 is 10.2 Å². The minimum Gasteiger partial charge on any atom is -0.352 e. The molecule has 13 heteroatoms. The van der Waals surface area contributed by atoms with Gasteiger partial charge in [0.15, 0.2) is 0 Å². The lowest BCUT2D eigenvalue weighted by molar-refractivity contribution is -0.143. The highest BCUT2D eigenvalue weighted by molar-refractivity contribution is 5.94. The van der Waals surface area contributed by atoms with E-state index < -0.39 is 47.4 Å². The minimum absolute atomic E-state index is 0.0107. The maximum absolute atomic E-state index is 13.3. The molecule has 0 atom stereocenters. The number of hydrogen-bond acceptors (Lipinski definition) is 3. The van der Waals surface area contributed by atoms with E-state index in [1.807, 2.05) is 0 Å². The van der Waals surface area contributed by atoms with E-state index in [1.54, 1.807) is 0 Å². The van der Waals surface area contributed by atoms with Gasteiger partial charge in [-0.2, -0.15) is 26.3 Å². The molecule has 0 spiro atoms. The van der Waals surface area contributed by atoms with Crippen molar-refractivity contribution in [3.63, 3.8) is 0 Å². The second kappa shape index (κ2) is 9.67. The quantitative estimate of drug-likeness (QED) is 0.620. The number of halogens is 8. The molecule has 1 aromatic carbocycles. The molecule has 5 nitrogen and oxygen atoms in total. The van der Waals surface area contributed by atoms with Gasteiger partial charge in [0.1, 0.15) is 0 Å². The van der Waals surface area contributed by atoms with Gasteiger partial charge >= 0.3 is 12.4 Å². The van der Waals surface area contributed by atoms with Crippen molar-refractivity contribution in [2.24, 2.45) is 5.92 Å². The SMILES string of the molecule is O=C(NCC1CCN(C(=O)CN2CCC(F)(F)C2)CC1)c1cc(C(F)(F)F)cc(C(F)(F)F)c1. The van der Waals surface area contributed by atoms with E-state index >= 15 is 0 Å². The number of carbonyl (C=O) groups excluding carboxylic acids is 2. The summed E-state index contributed by atoms with van der Waals surface area (Å²) in [5.74, 6) is -4.29. The van der Waals surface area contributed by atoms with E-state index in [0.29, 0.717) is 38.1 Å². The summed E-state index contributed by atoms with van der Waals surface area (Å²) < 4.78 is 104. The molecule has 0 unspecified atom stereocenters. The van der Waals surface area contributed by atoms with Crippen molar-refractivity contribution in [3.05, 3.63) is 34.9 Å². The molecule has 2 saturated heterocycles. The molecule has 0 saturated carbocycles. The van der Waals surface area contributed by atoms with Gasteiger partial charge in [-0.1, -0.05) is 0 Å². The fraction of sp³-hybridized carbons (Fsp3) is 0.619. The third kappa shape index (κ3) is 6.80. The number of nitrogens with one attached hydrogen (secondary N) is 1. The first kappa shape index (κ1) is 26.2. The van der Waals surface area contributed by atoms with Crippen LogP contribution < -0.4 is 5.32 Å². The van der Waals surface area contributed by atoms with Crippen LogP contribution in [0.4, 0.5) is 35.1 Å². The summed E-state index contributed by atoms with van der Waals surface area (Å²) in [7, 11) is 0. The maximum atomic E-state index is 13.3. The van der Waals surface area contributed by atoms with Gasteiger partial charge in [0.2, 0.25) is 5.91 Å². The predicted octanol–water partition coefficient (Wildman–Crippen LogP) is 4.03. The summed E-state index contributed by atoms with van der Waals surface area (Å²) in [6.07, 6.45) is -9.52. The molecule has 1 N–H and O–H groups in total. The summed E-state index contributed by atoms with van der Waals surface area (Å²) in [5.41, 5.74) is -3.90. The number of hydrogen-bond donors (Lipinski definition) is 1. The van der Waals surface area contributed by atoms with Crippen molar-refractivity contribution in [1.29, 1.82) is 0 Å². The molecule has 0 aromatic heterocycles. The number of piperidine rings is 1. The van der Waals surface area contributed by atoms with E-state index in [-0.39, 0.29) is 43.9 Å². The molecule has 0 radical (unpaired) electrons. The zero-order valence-corrected chi connectivity index (χ0v) is 17.9. The second-order valence-corrected chi connectivity index (χ2v) is 8.65. The number of benzene rings is 1. The number of rotatable bonds is 5. The van der Waals surface area contributed by atoms with Crippen LogP contribution in [0, 0.1) is 5.92 Å². The van der Waals surface area contributed by atoms with Gasteiger partial charge in [-0.15, -0.1) is 0 Å². The lowest BCUT2D eigenvalue weighted by Gasteiger charge is -2.33. The molecule has 0 bridgehead atoms. The van der Waals surface area contributed by atoms with Crippen LogP contribution in [0.3, 0.4) is 0 Å². The molecular formula is C21H23F8N3O2. The zero-order chi connectivity index (χ0) is 25.3. The Morgan fingerprint density at radius 1 is 0.941 bits per heavy atom. The molecule has 2 aliphatic rings. The smallest absolute Gasteiger partial charge is 0.352 e. The average Bonchev–Trinajstić information content (AvgIpc) is 3.08. The van der Waals surface area contributed by atoms with Gasteiger partial charge in [0.25, 0.3) is 11.8 Å². The number of nitrogens with zero attached hydrogens (tertiary/aromatic N) is 2. The molecule has 2 aliphatic heterocycles. The highest BCUT2D eigenvalue weighted by Gasteiger charge is 2.40. The first-order valence-corrected chi connectivity index (χ1v) is 10.6. The van der Waals surface area contributed by atoms with Crippen LogP contribution in [0.25, 0.3) is 0 Å². The van der Waals surface area contributed by atoms with Crippen molar-refractivity contribution in [2.45, 2.75) is 37.5 Å². The lowest BCUT2D eigenvalue weighted by Crippen LogP contribution is -2.45. The molecule has 190 valence electrons. The van der Waals surface area contributed by atoms with Crippen LogP contribution in [-0.4, -0.2) is 66.8 Å². The van der Waals surface area contributed by atoms with Crippen LogP contribution in [-0.2, 0) is 17.1 Å². The molecule has 34 heavy (non-hydrogen) atoms. The summed E-state index contributed by atoms with van der Waals surface area (Å²) >= 11 is 0. The van der Waals surface area contributed by atoms with E-state index in [1.165, 1.54) is 9.80 Å². The Kier molecular flexibility index (Phi) is 7.44. The summed E-state index contributed by atoms with van der Waals surface area (Å²) in [4.78, 5) is 27.5. The lowest BCUT2D eigenvalue weighted by atomic mass is 9.96. The minimum atomic E-state index is -5.05. The Morgan fingerprint density at radius 2 is 1.50 bits per heavy atom. The Morgan fingerprint density at radius 3 is 1.97 bits per heavy atom. The van der Waals surface area contributed by atoms with Crippen molar-refractivity contribution < 1.29 is 44.7 Å². The monoisotopic (exact) mass is 501 g/mol. The van der Waals surface area contributed by atoms with E-state index in [2.05, 4.69) is 5.32 Å². The van der Waals surface area contributed by atoms with Crippen LogP contribution in [0.1, 0.15) is 40.7 Å². The van der Waals surface area contributed by atoms with Crippen LogP contribution in [0.15, 0.2) is 18.2 Å². The number of alkyl halides is 8. The molecule has 1 aromatic rings. The van der Waals surface area contributed by atoms with Gasteiger partial charge in [0, 0.05) is 38.2 Å². The second-order valence-electron chi connectivity index (χ2n) is 8.65. The Bertz CT molecular complexity index is 876. The van der Waals surface area contributed by atoms with Crippen molar-refractivity contribution in [2.75, 3.05) is 39.3 Å². The highest BCUT2D eigenvalue weighted by Crippen LogP contribution is 2.36. The maximum Gasteiger partial charge on any atom is 0.416 e. The van der Waals surface area contributed by atoms with Gasteiger partial charge in [-0.25, -0.2) is 8.78 Å². The normalized spacial score (nSPS) is 19.9. The molecule has 3 rings (SSSR count). The molecule has 0 aliphatic carbocycles. The summed E-state index contributed by atoms with van der Waals surface area (Å²) in [5, 5.41) is 2.37. The fourth-order valence-corrected chi connectivity index (χ4v) is 4.04. The molecule has 2 fully saturated rings. The summed E-state index contributed by atoms with van der Waals surface area (Å²) in [6, 6.07) is 0.689. The Hall–Kier alpha value is -2.44. The third-order valence-corrected chi connectivity index (χ3v) is 5.98. The average molecular weight is 501 g/mol. The molecule has 2 heterocycles. The van der Waals surface area contributed by atoms with Crippen LogP contribution in [0.5, 0.6) is 0 Å².